The molecule has 9 heteroatoms. The van der Waals surface area contributed by atoms with Crippen LogP contribution in [0.1, 0.15) is 23.3 Å². The van der Waals surface area contributed by atoms with Crippen molar-refractivity contribution in [2.24, 2.45) is 7.05 Å². The van der Waals surface area contributed by atoms with E-state index in [2.05, 4.69) is 10.4 Å². The molecular formula is C20H23N5O4. The molecule has 2 aliphatic heterocycles. The monoisotopic (exact) mass is 397 g/mol. The minimum absolute atomic E-state index is 0.180. The van der Waals surface area contributed by atoms with E-state index in [1.807, 2.05) is 24.3 Å². The molecule has 4 rings (SSSR count). The highest BCUT2D eigenvalue weighted by Crippen LogP contribution is 2.30. The molecule has 2 aromatic rings. The second-order valence-corrected chi connectivity index (χ2v) is 7.44. The zero-order chi connectivity index (χ0) is 20.8. The van der Waals surface area contributed by atoms with Crippen LogP contribution < -0.4 is 10.1 Å². The molecule has 9 nitrogen and oxygen atoms in total. The molecule has 0 bridgehead atoms. The van der Waals surface area contributed by atoms with Crippen molar-refractivity contribution in [3.05, 3.63) is 36.0 Å². The highest BCUT2D eigenvalue weighted by molar-refractivity contribution is 6.07. The first-order chi connectivity index (χ1) is 13.8. The van der Waals surface area contributed by atoms with E-state index in [-0.39, 0.29) is 17.8 Å². The summed E-state index contributed by atoms with van der Waals surface area (Å²) in [5.74, 6) is 0.350. The fourth-order valence-corrected chi connectivity index (χ4v) is 3.95. The van der Waals surface area contributed by atoms with Crippen LogP contribution in [-0.4, -0.2) is 70.2 Å². The van der Waals surface area contributed by atoms with Gasteiger partial charge in [0.1, 0.15) is 11.3 Å². The van der Waals surface area contributed by atoms with E-state index in [0.29, 0.717) is 31.6 Å². The number of urea groups is 1. The predicted octanol–water partition coefficient (Wildman–Crippen LogP) is 1.25. The van der Waals surface area contributed by atoms with Crippen LogP contribution in [0, 0.1) is 0 Å². The highest BCUT2D eigenvalue weighted by atomic mass is 16.5. The van der Waals surface area contributed by atoms with Gasteiger partial charge in [-0.1, -0.05) is 0 Å². The second-order valence-electron chi connectivity index (χ2n) is 7.44. The number of imide groups is 1. The van der Waals surface area contributed by atoms with Crippen molar-refractivity contribution in [1.29, 1.82) is 0 Å². The summed E-state index contributed by atoms with van der Waals surface area (Å²) < 4.78 is 6.86. The molecule has 1 aromatic heterocycles. The number of likely N-dealkylation sites (N-methyl/N-ethyl adjacent to an activating group) is 1. The van der Waals surface area contributed by atoms with E-state index in [4.69, 9.17) is 4.74 Å². The van der Waals surface area contributed by atoms with Gasteiger partial charge in [0.15, 0.2) is 5.69 Å². The first kappa shape index (κ1) is 19.0. The van der Waals surface area contributed by atoms with Gasteiger partial charge in [-0.15, -0.1) is 0 Å². The summed E-state index contributed by atoms with van der Waals surface area (Å²) in [4.78, 5) is 40.0. The normalized spacial score (nSPS) is 18.3. The second kappa shape index (κ2) is 6.91. The quantitative estimate of drug-likeness (QED) is 0.787. The molecule has 1 spiro atoms. The number of carbonyl (C=O) groups excluding carboxylic acids is 3. The smallest absolute Gasteiger partial charge is 0.324 e. The van der Waals surface area contributed by atoms with Crippen molar-refractivity contribution >= 4 is 17.8 Å². The van der Waals surface area contributed by atoms with Gasteiger partial charge in [0.2, 0.25) is 0 Å². The van der Waals surface area contributed by atoms with Crippen molar-refractivity contribution in [3.63, 3.8) is 0 Å². The first-order valence-corrected chi connectivity index (χ1v) is 9.43. The number of rotatable bonds is 3. The number of methoxy groups -OCH3 is 1. The first-order valence-electron chi connectivity index (χ1n) is 9.43. The number of amides is 4. The topological polar surface area (TPSA) is 96.8 Å². The Morgan fingerprint density at radius 2 is 1.79 bits per heavy atom. The molecule has 3 heterocycles. The molecule has 0 saturated carbocycles. The van der Waals surface area contributed by atoms with Crippen molar-refractivity contribution in [2.45, 2.75) is 18.4 Å². The minimum atomic E-state index is -0.888. The van der Waals surface area contributed by atoms with Crippen LogP contribution in [0.25, 0.3) is 11.3 Å². The summed E-state index contributed by atoms with van der Waals surface area (Å²) in [6, 6.07) is 8.93. The van der Waals surface area contributed by atoms with Crippen LogP contribution in [0.3, 0.4) is 0 Å². The maximum Gasteiger partial charge on any atom is 0.324 e. The third kappa shape index (κ3) is 3.12. The van der Waals surface area contributed by atoms with Gasteiger partial charge in [0, 0.05) is 32.7 Å². The van der Waals surface area contributed by atoms with Crippen LogP contribution in [0.15, 0.2) is 30.3 Å². The molecule has 0 atom stereocenters. The number of benzene rings is 1. The standard InChI is InChI=1S/C20H23N5O4/c1-23-18(27)20(21-19(23)28)8-10-25(11-9-20)17(26)15-12-16(24(2)22-15)13-4-6-14(29-3)7-5-13/h4-7,12H,8-11H2,1-3H3,(H,21,28). The number of ether oxygens (including phenoxy) is 1. The van der Waals surface area contributed by atoms with E-state index < -0.39 is 5.54 Å². The van der Waals surface area contributed by atoms with Crippen LogP contribution >= 0.6 is 0 Å². The molecule has 0 aliphatic carbocycles. The fourth-order valence-electron chi connectivity index (χ4n) is 3.95. The molecule has 152 valence electrons. The molecule has 1 N–H and O–H groups in total. The molecule has 2 fully saturated rings. The number of hydrogen-bond acceptors (Lipinski definition) is 5. The van der Waals surface area contributed by atoms with E-state index in [9.17, 15) is 14.4 Å². The summed E-state index contributed by atoms with van der Waals surface area (Å²) in [5, 5.41) is 7.16. The number of likely N-dealkylation sites (tertiary alicyclic amines) is 1. The van der Waals surface area contributed by atoms with E-state index in [1.54, 1.807) is 29.8 Å². The highest BCUT2D eigenvalue weighted by Gasteiger charge is 2.51. The molecule has 4 amide bonds. The number of hydrogen-bond donors (Lipinski definition) is 1. The zero-order valence-electron chi connectivity index (χ0n) is 16.6. The summed E-state index contributed by atoms with van der Waals surface area (Å²) >= 11 is 0. The lowest BCUT2D eigenvalue weighted by Gasteiger charge is -2.36. The molecule has 0 radical (unpaired) electrons. The predicted molar refractivity (Wildman–Crippen MR) is 104 cm³/mol. The fraction of sp³-hybridized carbons (Fsp3) is 0.400. The van der Waals surface area contributed by atoms with Gasteiger partial charge in [0.05, 0.1) is 12.8 Å². The average molecular weight is 397 g/mol. The molecule has 29 heavy (non-hydrogen) atoms. The Morgan fingerprint density at radius 3 is 2.34 bits per heavy atom. The Labute approximate surface area is 168 Å². The minimum Gasteiger partial charge on any atom is -0.497 e. The lowest BCUT2D eigenvalue weighted by molar-refractivity contribution is -0.131. The van der Waals surface area contributed by atoms with Crippen molar-refractivity contribution < 1.29 is 19.1 Å². The van der Waals surface area contributed by atoms with Crippen molar-refractivity contribution in [2.75, 3.05) is 27.2 Å². The van der Waals surface area contributed by atoms with E-state index in [1.165, 1.54) is 7.05 Å². The Hall–Kier alpha value is -3.36. The Morgan fingerprint density at radius 1 is 1.14 bits per heavy atom. The summed E-state index contributed by atoms with van der Waals surface area (Å²) in [6.07, 6.45) is 0.789. The van der Waals surface area contributed by atoms with Crippen LogP contribution in [0.2, 0.25) is 0 Å². The Balaban J connectivity index is 1.48. The van der Waals surface area contributed by atoms with Gasteiger partial charge in [-0.2, -0.15) is 5.10 Å². The van der Waals surface area contributed by atoms with Crippen molar-refractivity contribution in [1.82, 2.24) is 24.9 Å². The van der Waals surface area contributed by atoms with Gasteiger partial charge >= 0.3 is 6.03 Å². The van der Waals surface area contributed by atoms with Crippen LogP contribution in [0.4, 0.5) is 4.79 Å². The summed E-state index contributed by atoms with van der Waals surface area (Å²) in [5.41, 5.74) is 1.22. The van der Waals surface area contributed by atoms with Crippen LogP contribution in [0.5, 0.6) is 5.75 Å². The van der Waals surface area contributed by atoms with Gasteiger partial charge in [-0.3, -0.25) is 19.2 Å². The van der Waals surface area contributed by atoms with Crippen molar-refractivity contribution in [3.8, 4) is 17.0 Å². The average Bonchev–Trinajstić information content (AvgIpc) is 3.22. The number of carbonyl (C=O) groups is 3. The zero-order valence-corrected chi connectivity index (χ0v) is 16.6. The van der Waals surface area contributed by atoms with Gasteiger partial charge in [0.25, 0.3) is 11.8 Å². The number of aromatic nitrogens is 2. The largest absolute Gasteiger partial charge is 0.497 e. The number of aryl methyl sites for hydroxylation is 1. The molecule has 2 saturated heterocycles. The lowest BCUT2D eigenvalue weighted by atomic mass is 9.87. The van der Waals surface area contributed by atoms with Gasteiger partial charge in [-0.25, -0.2) is 4.79 Å². The Kier molecular flexibility index (Phi) is 4.52. The maximum absolute atomic E-state index is 13.0. The number of piperidine rings is 1. The third-order valence-corrected chi connectivity index (χ3v) is 5.75. The summed E-state index contributed by atoms with van der Waals surface area (Å²) in [7, 11) is 4.88. The molecule has 0 unspecified atom stereocenters. The van der Waals surface area contributed by atoms with E-state index in [0.717, 1.165) is 21.9 Å². The number of nitrogens with one attached hydrogen (secondary N) is 1. The maximum atomic E-state index is 13.0. The van der Waals surface area contributed by atoms with Gasteiger partial charge in [-0.05, 0) is 43.2 Å². The molecule has 1 aromatic carbocycles. The molecular weight excluding hydrogens is 374 g/mol. The van der Waals surface area contributed by atoms with Crippen LogP contribution in [-0.2, 0) is 11.8 Å². The third-order valence-electron chi connectivity index (χ3n) is 5.75. The van der Waals surface area contributed by atoms with Gasteiger partial charge < -0.3 is 15.0 Å². The van der Waals surface area contributed by atoms with E-state index >= 15 is 0 Å². The summed E-state index contributed by atoms with van der Waals surface area (Å²) in [6.45, 7) is 0.764. The Bertz CT molecular complexity index is 973. The number of nitrogens with zero attached hydrogens (tertiary/aromatic N) is 4. The lowest BCUT2D eigenvalue weighted by Crippen LogP contribution is -2.55. The molecule has 2 aliphatic rings. The SMILES string of the molecule is COc1ccc(-c2cc(C(=O)N3CCC4(CC3)NC(=O)N(C)C4=O)nn2C)cc1.